The van der Waals surface area contributed by atoms with Crippen molar-refractivity contribution in [2.75, 3.05) is 26.2 Å². The van der Waals surface area contributed by atoms with Crippen molar-refractivity contribution in [3.8, 4) is 0 Å². The van der Waals surface area contributed by atoms with Crippen LogP contribution in [0.5, 0.6) is 0 Å². The van der Waals surface area contributed by atoms with E-state index in [9.17, 15) is 9.90 Å². The summed E-state index contributed by atoms with van der Waals surface area (Å²) in [6, 6.07) is 6.97. The Morgan fingerprint density at radius 1 is 1.29 bits per heavy atom. The van der Waals surface area contributed by atoms with Crippen molar-refractivity contribution in [3.63, 3.8) is 0 Å². The van der Waals surface area contributed by atoms with Crippen molar-refractivity contribution in [2.45, 2.75) is 38.1 Å². The van der Waals surface area contributed by atoms with Crippen LogP contribution in [-0.2, 0) is 11.2 Å². The number of aryl methyl sites for hydroxylation is 1. The molecule has 1 aromatic rings. The molecule has 1 saturated heterocycles. The molecule has 3 aliphatic rings. The first-order valence-corrected chi connectivity index (χ1v) is 10.6. The molecule has 0 spiro atoms. The number of nitrogens with zero attached hydrogens (tertiary/aromatic N) is 1. The van der Waals surface area contributed by atoms with Crippen LogP contribution in [0.2, 0.25) is 0 Å². The molecule has 4 nitrogen and oxygen atoms in total. The molecule has 4 rings (SSSR count). The highest BCUT2D eigenvalue weighted by Crippen LogP contribution is 2.17. The van der Waals surface area contributed by atoms with Crippen LogP contribution in [0.25, 0.3) is 11.6 Å². The highest BCUT2D eigenvalue weighted by Gasteiger charge is 2.24. The summed E-state index contributed by atoms with van der Waals surface area (Å²) in [6.45, 7) is 3.70. The number of hydrogen-bond acceptors (Lipinski definition) is 3. The zero-order valence-corrected chi connectivity index (χ0v) is 16.4. The van der Waals surface area contributed by atoms with Gasteiger partial charge in [-0.25, -0.2) is 0 Å². The third kappa shape index (κ3) is 4.29. The molecule has 0 radical (unpaired) electrons. The van der Waals surface area contributed by atoms with E-state index in [0.29, 0.717) is 6.54 Å². The lowest BCUT2D eigenvalue weighted by Gasteiger charge is -2.30. The molecule has 0 bridgehead atoms. The Balaban J connectivity index is 1.54. The Hall–Kier alpha value is -2.17. The molecular weight excluding hydrogens is 348 g/mol. The molecule has 2 N–H and O–H groups in total. The molecule has 0 aromatic heterocycles. The molecule has 2 aliphatic heterocycles. The average Bonchev–Trinajstić information content (AvgIpc) is 2.70. The lowest BCUT2D eigenvalue weighted by atomic mass is 9.92. The third-order valence-electron chi connectivity index (χ3n) is 6.15. The number of aliphatic carboxylic acids is 1. The highest BCUT2D eigenvalue weighted by molar-refractivity contribution is 5.70. The fourth-order valence-electron chi connectivity index (χ4n) is 4.73. The van der Waals surface area contributed by atoms with Gasteiger partial charge in [-0.1, -0.05) is 48.6 Å². The second-order valence-corrected chi connectivity index (χ2v) is 8.09. The summed E-state index contributed by atoms with van der Waals surface area (Å²) in [5.74, 6) is -0.835. The summed E-state index contributed by atoms with van der Waals surface area (Å²) in [4.78, 5) is 13.6. The molecule has 0 saturated carbocycles. The van der Waals surface area contributed by atoms with Gasteiger partial charge in [0.15, 0.2) is 0 Å². The number of carboxylic acids is 1. The molecule has 4 heteroatoms. The van der Waals surface area contributed by atoms with Crippen molar-refractivity contribution >= 4 is 17.6 Å². The van der Waals surface area contributed by atoms with Gasteiger partial charge in [0.05, 0.1) is 12.0 Å². The number of carboxylic acid groups (broad SMARTS) is 1. The molecule has 1 aliphatic carbocycles. The van der Waals surface area contributed by atoms with Crippen molar-refractivity contribution in [1.82, 2.24) is 10.2 Å². The number of fused-ring (bicyclic) bond motifs is 2. The van der Waals surface area contributed by atoms with E-state index < -0.39 is 5.97 Å². The quantitative estimate of drug-likeness (QED) is 0.821. The summed E-state index contributed by atoms with van der Waals surface area (Å²) < 4.78 is 0. The van der Waals surface area contributed by atoms with E-state index in [1.165, 1.54) is 21.6 Å². The van der Waals surface area contributed by atoms with Crippen LogP contribution < -0.4 is 15.8 Å². The zero-order valence-electron chi connectivity index (χ0n) is 16.4. The molecule has 148 valence electrons. The fourth-order valence-corrected chi connectivity index (χ4v) is 4.73. The number of allylic oxidation sites excluding steroid dienone is 2. The van der Waals surface area contributed by atoms with Gasteiger partial charge < -0.3 is 15.3 Å². The predicted molar refractivity (Wildman–Crippen MR) is 113 cm³/mol. The van der Waals surface area contributed by atoms with Gasteiger partial charge in [0.2, 0.25) is 0 Å². The largest absolute Gasteiger partial charge is 0.481 e. The van der Waals surface area contributed by atoms with Gasteiger partial charge in [0, 0.05) is 6.54 Å². The van der Waals surface area contributed by atoms with E-state index in [1.54, 1.807) is 0 Å². The summed E-state index contributed by atoms with van der Waals surface area (Å²) in [5.41, 5.74) is 2.78. The number of likely N-dealkylation sites (tertiary alicyclic amines) is 1. The number of piperidine rings is 1. The molecule has 2 atom stereocenters. The smallest absolute Gasteiger partial charge is 0.307 e. The van der Waals surface area contributed by atoms with Gasteiger partial charge in [0.1, 0.15) is 0 Å². The number of rotatable bonds is 5. The molecule has 1 fully saturated rings. The molecule has 1 unspecified atom stereocenters. The first-order valence-electron chi connectivity index (χ1n) is 10.6. The van der Waals surface area contributed by atoms with Gasteiger partial charge in [-0.05, 0) is 73.3 Å². The Labute approximate surface area is 166 Å². The normalized spacial score (nSPS) is 24.6. The van der Waals surface area contributed by atoms with E-state index in [1.807, 2.05) is 0 Å². The predicted octanol–water partition coefficient (Wildman–Crippen LogP) is 1.83. The van der Waals surface area contributed by atoms with Gasteiger partial charge in [-0.2, -0.15) is 0 Å². The standard InChI is InChI=1S/C24H30N2O2/c27-24(28)20-11-6-16-26(17-20)15-5-10-19-8-3-7-18-9-4-14-25-22-13-2-1-12-21(22)23(18)19/h1-3,7-9,12-13,20,22,25H,4-6,10-11,14-17H2,(H,27,28)/t20?,22-/m1/s1. The Morgan fingerprint density at radius 2 is 2.21 bits per heavy atom. The van der Waals surface area contributed by atoms with E-state index in [4.69, 9.17) is 0 Å². The average molecular weight is 379 g/mol. The molecular formula is C24H30N2O2. The second kappa shape index (κ2) is 8.89. The minimum absolute atomic E-state index is 0.193. The maximum atomic E-state index is 11.3. The fraction of sp³-hybridized carbons (Fsp3) is 0.458. The van der Waals surface area contributed by atoms with E-state index in [0.717, 1.165) is 51.7 Å². The van der Waals surface area contributed by atoms with E-state index in [2.05, 4.69) is 58.8 Å². The van der Waals surface area contributed by atoms with Crippen LogP contribution in [-0.4, -0.2) is 48.2 Å². The van der Waals surface area contributed by atoms with Crippen LogP contribution in [0.1, 0.15) is 31.2 Å². The topological polar surface area (TPSA) is 52.6 Å². The van der Waals surface area contributed by atoms with Crippen molar-refractivity contribution in [1.29, 1.82) is 0 Å². The monoisotopic (exact) mass is 378 g/mol. The number of benzene rings is 1. The minimum atomic E-state index is -0.642. The second-order valence-electron chi connectivity index (χ2n) is 8.09. The zero-order chi connectivity index (χ0) is 19.3. The van der Waals surface area contributed by atoms with Crippen LogP contribution in [0.15, 0.2) is 42.5 Å². The van der Waals surface area contributed by atoms with Crippen LogP contribution in [0, 0.1) is 5.92 Å². The number of hydrogen-bond donors (Lipinski definition) is 2. The Kier molecular flexibility index (Phi) is 6.08. The summed E-state index contributed by atoms with van der Waals surface area (Å²) in [5, 5.41) is 15.7. The highest BCUT2D eigenvalue weighted by atomic mass is 16.4. The van der Waals surface area contributed by atoms with Crippen LogP contribution in [0.4, 0.5) is 0 Å². The van der Waals surface area contributed by atoms with Crippen molar-refractivity contribution in [2.24, 2.45) is 5.92 Å². The molecule has 28 heavy (non-hydrogen) atoms. The van der Waals surface area contributed by atoms with E-state index >= 15 is 0 Å². The van der Waals surface area contributed by atoms with Crippen molar-refractivity contribution in [3.05, 3.63) is 58.5 Å². The van der Waals surface area contributed by atoms with Gasteiger partial charge in [-0.15, -0.1) is 0 Å². The summed E-state index contributed by atoms with van der Waals surface area (Å²) in [7, 11) is 0. The number of carbonyl (C=O) groups is 1. The van der Waals surface area contributed by atoms with Gasteiger partial charge in [0.25, 0.3) is 0 Å². The SMILES string of the molecule is O=C(O)C1CCCN(CCCc2cccc3c2=C2C=CC=C[C@H]2NCCC=3)C1. The first-order chi connectivity index (χ1) is 13.7. The summed E-state index contributed by atoms with van der Waals surface area (Å²) >= 11 is 0. The number of nitrogens with one attached hydrogen (secondary N) is 1. The van der Waals surface area contributed by atoms with Crippen LogP contribution in [0.3, 0.4) is 0 Å². The third-order valence-corrected chi connectivity index (χ3v) is 6.15. The van der Waals surface area contributed by atoms with Gasteiger partial charge in [-0.3, -0.25) is 4.79 Å². The van der Waals surface area contributed by atoms with Crippen molar-refractivity contribution < 1.29 is 9.90 Å². The van der Waals surface area contributed by atoms with E-state index in [-0.39, 0.29) is 12.0 Å². The Morgan fingerprint density at radius 3 is 3.11 bits per heavy atom. The molecule has 1 aromatic carbocycles. The lowest BCUT2D eigenvalue weighted by Crippen LogP contribution is -2.41. The maximum absolute atomic E-state index is 11.3. The Bertz CT molecular complexity index is 900. The maximum Gasteiger partial charge on any atom is 0.307 e. The lowest BCUT2D eigenvalue weighted by molar-refractivity contribution is -0.143. The molecule has 2 heterocycles. The van der Waals surface area contributed by atoms with Crippen LogP contribution >= 0.6 is 0 Å². The van der Waals surface area contributed by atoms with Gasteiger partial charge >= 0.3 is 5.97 Å². The first kappa shape index (κ1) is 19.2. The molecule has 0 amide bonds. The summed E-state index contributed by atoms with van der Waals surface area (Å²) in [6.07, 6.45) is 16.1. The minimum Gasteiger partial charge on any atom is -0.481 e.